The number of hydrogen-bond acceptors (Lipinski definition) is 5. The van der Waals surface area contributed by atoms with Crippen molar-refractivity contribution < 1.29 is 23.1 Å². The Labute approximate surface area is 255 Å². The maximum Gasteiger partial charge on any atom is 0.311 e. The van der Waals surface area contributed by atoms with Crippen molar-refractivity contribution in [2.75, 3.05) is 26.8 Å². The molecule has 5 nitrogen and oxygen atoms in total. The molecule has 234 valence electrons. The minimum absolute atomic E-state index is 0.0762. The molecule has 1 heterocycles. The minimum Gasteiger partial charge on any atom is -0.469 e. The summed E-state index contributed by atoms with van der Waals surface area (Å²) in [5.41, 5.74) is 3.27. The van der Waals surface area contributed by atoms with E-state index in [1.165, 1.54) is 7.11 Å². The molecule has 0 bridgehead atoms. The van der Waals surface area contributed by atoms with Crippen LogP contribution in [0.5, 0.6) is 0 Å². The Kier molecular flexibility index (Phi) is 11.6. The number of likely N-dealkylation sites (tertiary alicyclic amines) is 1. The van der Waals surface area contributed by atoms with Gasteiger partial charge in [0.15, 0.2) is 8.32 Å². The van der Waals surface area contributed by atoms with Crippen LogP contribution < -0.4 is 0 Å². The SMILES string of the molecule is COC(=O)C(C)(C)Cc1ccccc1[C@@H](C)OC[C@@H](CN1CCC[C@H]1Cc1ccc(C)c(F)c1)O[Si](C)(C)C(C)(C)C. The Morgan fingerprint density at radius 2 is 1.81 bits per heavy atom. The Morgan fingerprint density at radius 3 is 2.45 bits per heavy atom. The number of ether oxygens (including phenoxy) is 2. The van der Waals surface area contributed by atoms with Crippen LogP contribution in [0.15, 0.2) is 42.5 Å². The molecular weight excluding hydrogens is 545 g/mol. The van der Waals surface area contributed by atoms with Crippen LogP contribution in [0, 0.1) is 18.2 Å². The van der Waals surface area contributed by atoms with Crippen LogP contribution in [-0.2, 0) is 31.5 Å². The molecule has 0 saturated carbocycles. The predicted octanol–water partition coefficient (Wildman–Crippen LogP) is 8.05. The Bertz CT molecular complexity index is 1190. The number of carbonyl (C=O) groups is 1. The number of halogens is 1. The van der Waals surface area contributed by atoms with Crippen molar-refractivity contribution in [3.63, 3.8) is 0 Å². The van der Waals surface area contributed by atoms with Crippen LogP contribution in [0.25, 0.3) is 0 Å². The lowest BCUT2D eigenvalue weighted by atomic mass is 9.83. The summed E-state index contributed by atoms with van der Waals surface area (Å²) in [5, 5.41) is 0.0762. The third kappa shape index (κ3) is 8.98. The Morgan fingerprint density at radius 1 is 1.12 bits per heavy atom. The van der Waals surface area contributed by atoms with Crippen molar-refractivity contribution in [3.8, 4) is 0 Å². The highest BCUT2D eigenvalue weighted by Gasteiger charge is 2.40. The standard InChI is InChI=1S/C35H54FNO4Si/c1-25-17-18-27(21-32(25)36)20-29-15-13-19-37(29)23-30(41-42(9,10)34(3,4)5)24-40-26(2)31-16-12-11-14-28(31)22-35(6,7)33(38)39-8/h11-12,14,16-18,21,26,29-30H,13,15,19-20,22-24H2,1-10H3/t26-,29+,30-/m1/s1. The molecular formula is C35H54FNO4Si. The number of rotatable bonds is 13. The molecule has 0 spiro atoms. The summed E-state index contributed by atoms with van der Waals surface area (Å²) in [6.45, 7) is 21.4. The lowest BCUT2D eigenvalue weighted by Crippen LogP contribution is -2.49. The van der Waals surface area contributed by atoms with Crippen LogP contribution in [0.2, 0.25) is 18.1 Å². The second-order valence-corrected chi connectivity index (χ2v) is 19.1. The van der Waals surface area contributed by atoms with Crippen LogP contribution in [0.1, 0.15) is 82.7 Å². The first-order valence-electron chi connectivity index (χ1n) is 15.5. The lowest BCUT2D eigenvalue weighted by Gasteiger charge is -2.41. The van der Waals surface area contributed by atoms with Gasteiger partial charge in [-0.25, -0.2) is 4.39 Å². The van der Waals surface area contributed by atoms with Gasteiger partial charge in [-0.2, -0.15) is 0 Å². The summed E-state index contributed by atoms with van der Waals surface area (Å²) < 4.78 is 32.9. The van der Waals surface area contributed by atoms with E-state index in [2.05, 4.69) is 63.9 Å². The monoisotopic (exact) mass is 599 g/mol. The molecule has 0 aliphatic carbocycles. The Balaban J connectivity index is 1.77. The number of esters is 1. The zero-order valence-electron chi connectivity index (χ0n) is 27.7. The minimum atomic E-state index is -2.07. The fourth-order valence-electron chi connectivity index (χ4n) is 5.64. The molecule has 0 N–H and O–H groups in total. The van der Waals surface area contributed by atoms with Gasteiger partial charge in [0.05, 0.1) is 31.3 Å². The molecule has 0 aromatic heterocycles. The van der Waals surface area contributed by atoms with Gasteiger partial charge < -0.3 is 13.9 Å². The van der Waals surface area contributed by atoms with E-state index in [0.717, 1.165) is 49.0 Å². The average molecular weight is 600 g/mol. The third-order valence-electron chi connectivity index (χ3n) is 9.31. The average Bonchev–Trinajstić information content (AvgIpc) is 3.34. The summed E-state index contributed by atoms with van der Waals surface area (Å²) in [6, 6.07) is 14.2. The largest absolute Gasteiger partial charge is 0.469 e. The maximum absolute atomic E-state index is 14.3. The Hall–Kier alpha value is -2.06. The number of benzene rings is 2. The third-order valence-corrected chi connectivity index (χ3v) is 13.8. The number of carbonyl (C=O) groups excluding carboxylic acids is 1. The summed E-state index contributed by atoms with van der Waals surface area (Å²) in [6.07, 6.45) is 3.40. The van der Waals surface area contributed by atoms with Crippen LogP contribution in [-0.4, -0.2) is 58.1 Å². The first-order chi connectivity index (χ1) is 19.5. The van der Waals surface area contributed by atoms with Crippen molar-refractivity contribution in [2.24, 2.45) is 5.41 Å². The van der Waals surface area contributed by atoms with Crippen LogP contribution in [0.4, 0.5) is 4.39 Å². The first-order valence-corrected chi connectivity index (χ1v) is 18.4. The van der Waals surface area contributed by atoms with E-state index < -0.39 is 13.7 Å². The van der Waals surface area contributed by atoms with Gasteiger partial charge in [-0.1, -0.05) is 57.2 Å². The number of methoxy groups -OCH3 is 1. The van der Waals surface area contributed by atoms with Gasteiger partial charge in [0.25, 0.3) is 0 Å². The van der Waals surface area contributed by atoms with Crippen molar-refractivity contribution in [3.05, 3.63) is 70.5 Å². The van der Waals surface area contributed by atoms with Crippen molar-refractivity contribution >= 4 is 14.3 Å². The maximum atomic E-state index is 14.3. The molecule has 3 rings (SSSR count). The highest BCUT2D eigenvalue weighted by atomic mass is 28.4. The van der Waals surface area contributed by atoms with E-state index in [9.17, 15) is 9.18 Å². The number of hydrogen-bond donors (Lipinski definition) is 0. The summed E-state index contributed by atoms with van der Waals surface area (Å²) in [7, 11) is -0.630. The van der Waals surface area contributed by atoms with Gasteiger partial charge in [0, 0.05) is 12.6 Å². The van der Waals surface area contributed by atoms with Gasteiger partial charge in [-0.05, 0) is 106 Å². The van der Waals surface area contributed by atoms with Crippen molar-refractivity contribution in [2.45, 2.75) is 111 Å². The molecule has 3 atom stereocenters. The van der Waals surface area contributed by atoms with E-state index in [4.69, 9.17) is 13.9 Å². The molecule has 1 aliphatic rings. The molecule has 0 radical (unpaired) electrons. The van der Waals surface area contributed by atoms with Gasteiger partial charge in [0.1, 0.15) is 5.82 Å². The molecule has 1 fully saturated rings. The van der Waals surface area contributed by atoms with Crippen molar-refractivity contribution in [1.82, 2.24) is 4.90 Å². The highest BCUT2D eigenvalue weighted by Crippen LogP contribution is 2.38. The zero-order valence-corrected chi connectivity index (χ0v) is 28.7. The smallest absolute Gasteiger partial charge is 0.311 e. The van der Waals surface area contributed by atoms with Gasteiger partial charge >= 0.3 is 5.97 Å². The van der Waals surface area contributed by atoms with Crippen LogP contribution in [0.3, 0.4) is 0 Å². The first kappa shape index (κ1) is 34.4. The molecule has 7 heteroatoms. The molecule has 2 aromatic rings. The quantitative estimate of drug-likeness (QED) is 0.172. The summed E-state index contributed by atoms with van der Waals surface area (Å²) in [5.74, 6) is -0.351. The molecule has 42 heavy (non-hydrogen) atoms. The van der Waals surface area contributed by atoms with Gasteiger partial charge in [0.2, 0.25) is 0 Å². The van der Waals surface area contributed by atoms with Crippen molar-refractivity contribution in [1.29, 1.82) is 0 Å². The molecule has 0 amide bonds. The lowest BCUT2D eigenvalue weighted by molar-refractivity contribution is -0.150. The fraction of sp³-hybridized carbons (Fsp3) is 0.629. The molecule has 2 aromatic carbocycles. The highest BCUT2D eigenvalue weighted by molar-refractivity contribution is 6.74. The molecule has 1 aliphatic heterocycles. The second-order valence-electron chi connectivity index (χ2n) is 14.3. The van der Waals surface area contributed by atoms with Crippen LogP contribution >= 0.6 is 0 Å². The summed E-state index contributed by atoms with van der Waals surface area (Å²) in [4.78, 5) is 14.9. The van der Waals surface area contributed by atoms with Gasteiger partial charge in [-0.3, -0.25) is 9.69 Å². The zero-order chi connectivity index (χ0) is 31.3. The normalized spacial score (nSPS) is 18.2. The topological polar surface area (TPSA) is 48.0 Å². The van der Waals surface area contributed by atoms with E-state index >= 15 is 0 Å². The molecule has 0 unspecified atom stereocenters. The van der Waals surface area contributed by atoms with E-state index in [-0.39, 0.29) is 29.0 Å². The molecule has 1 saturated heterocycles. The number of nitrogens with zero attached hydrogens (tertiary/aromatic N) is 1. The fourth-order valence-corrected chi connectivity index (χ4v) is 6.97. The predicted molar refractivity (Wildman–Crippen MR) is 172 cm³/mol. The van der Waals surface area contributed by atoms with E-state index in [0.29, 0.717) is 24.6 Å². The number of aryl methyl sites for hydroxylation is 1. The van der Waals surface area contributed by atoms with E-state index in [1.807, 2.05) is 39.0 Å². The van der Waals surface area contributed by atoms with Gasteiger partial charge in [-0.15, -0.1) is 0 Å². The van der Waals surface area contributed by atoms with E-state index in [1.54, 1.807) is 6.07 Å². The summed E-state index contributed by atoms with van der Waals surface area (Å²) >= 11 is 0. The second kappa shape index (κ2) is 14.1.